The molecule has 0 spiro atoms. The molecule has 4 heteroatoms. The maximum absolute atomic E-state index is 13.4. The van der Waals surface area contributed by atoms with E-state index in [0.717, 1.165) is 18.4 Å². The Kier molecular flexibility index (Phi) is 4.08. The summed E-state index contributed by atoms with van der Waals surface area (Å²) in [6.07, 6.45) is 3.46. The number of rotatable bonds is 5. The summed E-state index contributed by atoms with van der Waals surface area (Å²) in [5.41, 5.74) is 2.27. The molecule has 112 valence electrons. The molecule has 1 aromatic heterocycles. The molecule has 0 amide bonds. The van der Waals surface area contributed by atoms with Gasteiger partial charge in [-0.3, -0.25) is 0 Å². The van der Waals surface area contributed by atoms with E-state index in [0.29, 0.717) is 12.2 Å². The number of furan rings is 1. The van der Waals surface area contributed by atoms with Gasteiger partial charge in [0.2, 0.25) is 0 Å². The zero-order valence-corrected chi connectivity index (χ0v) is 12.1. The van der Waals surface area contributed by atoms with Gasteiger partial charge in [0.1, 0.15) is 17.7 Å². The highest BCUT2D eigenvalue weighted by Gasteiger charge is 2.25. The number of hydrogen-bond donors (Lipinski definition) is 2. The lowest BCUT2D eigenvalue weighted by Gasteiger charge is -2.22. The van der Waals surface area contributed by atoms with Crippen LogP contribution in [0.3, 0.4) is 0 Å². The molecule has 3 unspecified atom stereocenters. The summed E-state index contributed by atoms with van der Waals surface area (Å²) in [5, 5.41) is 13.6. The molecule has 21 heavy (non-hydrogen) atoms. The van der Waals surface area contributed by atoms with Crippen molar-refractivity contribution in [1.82, 2.24) is 5.32 Å². The molecule has 2 N–H and O–H groups in total. The molecule has 1 heterocycles. The SMILES string of the molecule is CC(CC(O)c1ccco1)NC1CCc2ccc(F)cc21. The quantitative estimate of drug-likeness (QED) is 0.885. The summed E-state index contributed by atoms with van der Waals surface area (Å²) in [7, 11) is 0. The van der Waals surface area contributed by atoms with Crippen LogP contribution in [0.25, 0.3) is 0 Å². The van der Waals surface area contributed by atoms with Gasteiger partial charge in [0.25, 0.3) is 0 Å². The van der Waals surface area contributed by atoms with Crippen molar-refractivity contribution in [3.8, 4) is 0 Å². The molecule has 0 aliphatic heterocycles. The van der Waals surface area contributed by atoms with Crippen LogP contribution in [0, 0.1) is 5.82 Å². The van der Waals surface area contributed by atoms with E-state index in [4.69, 9.17) is 4.42 Å². The molecular weight excluding hydrogens is 269 g/mol. The zero-order valence-electron chi connectivity index (χ0n) is 12.1. The maximum atomic E-state index is 13.4. The predicted octanol–water partition coefficient (Wildman–Crippen LogP) is 3.51. The first kappa shape index (κ1) is 14.3. The van der Waals surface area contributed by atoms with Crippen LogP contribution in [0.15, 0.2) is 41.0 Å². The highest BCUT2D eigenvalue weighted by Crippen LogP contribution is 2.32. The number of fused-ring (bicyclic) bond motifs is 1. The molecule has 0 fully saturated rings. The van der Waals surface area contributed by atoms with Gasteiger partial charge in [-0.2, -0.15) is 0 Å². The van der Waals surface area contributed by atoms with Crippen LogP contribution in [-0.4, -0.2) is 11.1 Å². The minimum atomic E-state index is -0.615. The third kappa shape index (κ3) is 3.17. The molecule has 0 radical (unpaired) electrons. The molecule has 3 nitrogen and oxygen atoms in total. The molecule has 0 saturated carbocycles. The minimum absolute atomic E-state index is 0.115. The third-order valence-corrected chi connectivity index (χ3v) is 4.12. The van der Waals surface area contributed by atoms with Crippen molar-refractivity contribution < 1.29 is 13.9 Å². The van der Waals surface area contributed by atoms with Crippen LogP contribution >= 0.6 is 0 Å². The lowest BCUT2D eigenvalue weighted by Crippen LogP contribution is -2.30. The van der Waals surface area contributed by atoms with E-state index in [9.17, 15) is 9.50 Å². The molecule has 2 aromatic rings. The van der Waals surface area contributed by atoms with Crippen LogP contribution in [0.4, 0.5) is 4.39 Å². The number of halogens is 1. The van der Waals surface area contributed by atoms with E-state index >= 15 is 0 Å². The Balaban J connectivity index is 1.62. The van der Waals surface area contributed by atoms with Gasteiger partial charge < -0.3 is 14.8 Å². The lowest BCUT2D eigenvalue weighted by atomic mass is 10.0. The van der Waals surface area contributed by atoms with Crippen molar-refractivity contribution in [2.45, 2.75) is 44.4 Å². The first-order valence-corrected chi connectivity index (χ1v) is 7.39. The smallest absolute Gasteiger partial charge is 0.132 e. The second kappa shape index (κ2) is 6.00. The Labute approximate surface area is 123 Å². The Bertz CT molecular complexity index is 597. The van der Waals surface area contributed by atoms with Gasteiger partial charge in [0.05, 0.1) is 6.26 Å². The van der Waals surface area contributed by atoms with Crippen LogP contribution in [0.1, 0.15) is 48.8 Å². The van der Waals surface area contributed by atoms with E-state index in [1.165, 1.54) is 11.6 Å². The normalized spacial score (nSPS) is 20.2. The van der Waals surface area contributed by atoms with E-state index in [1.54, 1.807) is 24.5 Å². The topological polar surface area (TPSA) is 45.4 Å². The molecule has 3 atom stereocenters. The van der Waals surface area contributed by atoms with Gasteiger partial charge in [0.15, 0.2) is 0 Å². The number of aliphatic hydroxyl groups excluding tert-OH is 1. The van der Waals surface area contributed by atoms with E-state index < -0.39 is 6.10 Å². The van der Waals surface area contributed by atoms with Crippen molar-refractivity contribution in [3.05, 3.63) is 59.3 Å². The van der Waals surface area contributed by atoms with Crippen molar-refractivity contribution in [2.75, 3.05) is 0 Å². The molecule has 0 bridgehead atoms. The summed E-state index contributed by atoms with van der Waals surface area (Å²) >= 11 is 0. The van der Waals surface area contributed by atoms with Crippen LogP contribution in [-0.2, 0) is 6.42 Å². The highest BCUT2D eigenvalue weighted by molar-refractivity contribution is 5.35. The van der Waals surface area contributed by atoms with E-state index in [1.807, 2.05) is 13.0 Å². The van der Waals surface area contributed by atoms with Gasteiger partial charge in [-0.05, 0) is 61.6 Å². The fraction of sp³-hybridized carbons (Fsp3) is 0.412. The number of hydrogen-bond acceptors (Lipinski definition) is 3. The Morgan fingerprint density at radius 1 is 1.43 bits per heavy atom. The van der Waals surface area contributed by atoms with Crippen LogP contribution in [0.2, 0.25) is 0 Å². The Morgan fingerprint density at radius 3 is 3.05 bits per heavy atom. The van der Waals surface area contributed by atoms with Crippen molar-refractivity contribution in [3.63, 3.8) is 0 Å². The lowest BCUT2D eigenvalue weighted by molar-refractivity contribution is 0.126. The molecule has 1 aliphatic carbocycles. The second-order valence-electron chi connectivity index (χ2n) is 5.77. The number of nitrogens with one attached hydrogen (secondary N) is 1. The maximum Gasteiger partial charge on any atom is 0.132 e. The van der Waals surface area contributed by atoms with Gasteiger partial charge in [-0.25, -0.2) is 4.39 Å². The Hall–Kier alpha value is -1.65. The predicted molar refractivity (Wildman–Crippen MR) is 78.3 cm³/mol. The largest absolute Gasteiger partial charge is 0.467 e. The number of benzene rings is 1. The highest BCUT2D eigenvalue weighted by atomic mass is 19.1. The standard InChI is InChI=1S/C17H20FNO2/c1-11(9-16(20)17-3-2-8-21-17)19-15-7-5-12-4-6-13(18)10-14(12)15/h2-4,6,8,10-11,15-16,19-20H,5,7,9H2,1H3. The first-order valence-electron chi connectivity index (χ1n) is 7.39. The van der Waals surface area contributed by atoms with Crippen molar-refractivity contribution in [2.24, 2.45) is 0 Å². The van der Waals surface area contributed by atoms with Crippen LogP contribution < -0.4 is 5.32 Å². The van der Waals surface area contributed by atoms with Crippen LogP contribution in [0.5, 0.6) is 0 Å². The van der Waals surface area contributed by atoms with E-state index in [2.05, 4.69) is 5.32 Å². The fourth-order valence-corrected chi connectivity index (χ4v) is 3.09. The number of aliphatic hydroxyl groups is 1. The molecular formula is C17H20FNO2. The van der Waals surface area contributed by atoms with E-state index in [-0.39, 0.29) is 17.9 Å². The molecule has 1 aliphatic rings. The molecule has 0 saturated heterocycles. The molecule has 3 rings (SSSR count). The van der Waals surface area contributed by atoms with Gasteiger partial charge in [-0.1, -0.05) is 6.07 Å². The average Bonchev–Trinajstić information content (AvgIpc) is 3.09. The minimum Gasteiger partial charge on any atom is -0.467 e. The average molecular weight is 289 g/mol. The second-order valence-corrected chi connectivity index (χ2v) is 5.77. The summed E-state index contributed by atoms with van der Waals surface area (Å²) in [5.74, 6) is 0.396. The zero-order chi connectivity index (χ0) is 14.8. The first-order chi connectivity index (χ1) is 10.1. The summed E-state index contributed by atoms with van der Waals surface area (Å²) in [4.78, 5) is 0. The number of aryl methyl sites for hydroxylation is 1. The third-order valence-electron chi connectivity index (χ3n) is 4.12. The van der Waals surface area contributed by atoms with Crippen molar-refractivity contribution >= 4 is 0 Å². The Morgan fingerprint density at radius 2 is 2.29 bits per heavy atom. The monoisotopic (exact) mass is 289 g/mol. The van der Waals surface area contributed by atoms with Crippen molar-refractivity contribution in [1.29, 1.82) is 0 Å². The van der Waals surface area contributed by atoms with Gasteiger partial charge in [-0.15, -0.1) is 0 Å². The summed E-state index contributed by atoms with van der Waals surface area (Å²) < 4.78 is 18.6. The van der Waals surface area contributed by atoms with Gasteiger partial charge in [0, 0.05) is 12.1 Å². The summed E-state index contributed by atoms with van der Waals surface area (Å²) in [6.45, 7) is 2.03. The fourth-order valence-electron chi connectivity index (χ4n) is 3.09. The van der Waals surface area contributed by atoms with Gasteiger partial charge >= 0.3 is 0 Å². The summed E-state index contributed by atoms with van der Waals surface area (Å²) in [6, 6.07) is 8.83. The molecule has 1 aromatic carbocycles.